The van der Waals surface area contributed by atoms with Gasteiger partial charge in [-0.15, -0.1) is 0 Å². The molecule has 3 heteroatoms. The molecule has 2 rings (SSSR count). The van der Waals surface area contributed by atoms with Gasteiger partial charge in [-0.2, -0.15) is 0 Å². The lowest BCUT2D eigenvalue weighted by molar-refractivity contribution is 0.268. The van der Waals surface area contributed by atoms with Crippen LogP contribution in [-0.4, -0.2) is 6.04 Å². The van der Waals surface area contributed by atoms with Gasteiger partial charge in [0.2, 0.25) is 0 Å². The van der Waals surface area contributed by atoms with E-state index in [-0.39, 0.29) is 0 Å². The topological polar surface area (TPSA) is 34.4 Å². The molecule has 96 valence electrons. The molecule has 0 bridgehead atoms. The van der Waals surface area contributed by atoms with Crippen LogP contribution in [0.5, 0.6) is 5.75 Å². The van der Waals surface area contributed by atoms with Gasteiger partial charge in [-0.1, -0.05) is 32.0 Å². The van der Waals surface area contributed by atoms with Crippen LogP contribution < -0.4 is 10.1 Å². The molecule has 0 aliphatic heterocycles. The minimum Gasteiger partial charge on any atom is -0.486 e. The number of hydrogen-bond acceptors (Lipinski definition) is 3. The number of benzene rings is 1. The van der Waals surface area contributed by atoms with Crippen molar-refractivity contribution in [1.82, 2.24) is 5.32 Å². The molecule has 3 nitrogen and oxygen atoms in total. The highest BCUT2D eigenvalue weighted by Crippen LogP contribution is 2.15. The predicted octanol–water partition coefficient (Wildman–Crippen LogP) is 3.36. The molecule has 0 unspecified atom stereocenters. The molecule has 0 radical (unpaired) electrons. The summed E-state index contributed by atoms with van der Waals surface area (Å²) in [6.45, 7) is 5.52. The zero-order valence-corrected chi connectivity index (χ0v) is 10.8. The van der Waals surface area contributed by atoms with Crippen molar-refractivity contribution < 1.29 is 9.15 Å². The Morgan fingerprint density at radius 1 is 1.17 bits per heavy atom. The Bertz CT molecular complexity index is 462. The Morgan fingerprint density at radius 2 is 1.94 bits per heavy atom. The Hall–Kier alpha value is -1.74. The van der Waals surface area contributed by atoms with Gasteiger partial charge >= 0.3 is 0 Å². The van der Waals surface area contributed by atoms with E-state index in [0.29, 0.717) is 12.6 Å². The molecule has 0 aliphatic carbocycles. The monoisotopic (exact) mass is 245 g/mol. The van der Waals surface area contributed by atoms with E-state index in [1.165, 1.54) is 0 Å². The third-order valence-electron chi connectivity index (χ3n) is 2.65. The Morgan fingerprint density at radius 3 is 2.67 bits per heavy atom. The van der Waals surface area contributed by atoms with Crippen LogP contribution in [0.1, 0.15) is 25.2 Å². The molecule has 18 heavy (non-hydrogen) atoms. The fourth-order valence-electron chi connectivity index (χ4n) is 1.63. The standard InChI is InChI=1S/C15H19NO2/c1-12(2)16-10-13-8-9-17-15(13)11-18-14-6-4-3-5-7-14/h3-9,12,16H,10-11H2,1-2H3. The summed E-state index contributed by atoms with van der Waals surface area (Å²) in [5.74, 6) is 1.74. The van der Waals surface area contributed by atoms with E-state index in [2.05, 4.69) is 19.2 Å². The minimum atomic E-state index is 0.461. The van der Waals surface area contributed by atoms with Gasteiger partial charge in [-0.25, -0.2) is 0 Å². The van der Waals surface area contributed by atoms with E-state index in [1.807, 2.05) is 36.4 Å². The molecule has 0 amide bonds. The number of nitrogens with one attached hydrogen (secondary N) is 1. The summed E-state index contributed by atoms with van der Waals surface area (Å²) in [6, 6.07) is 12.2. The maximum absolute atomic E-state index is 5.68. The van der Waals surface area contributed by atoms with Crippen molar-refractivity contribution in [3.05, 3.63) is 54.0 Å². The zero-order chi connectivity index (χ0) is 12.8. The van der Waals surface area contributed by atoms with Gasteiger partial charge in [-0.05, 0) is 18.2 Å². The van der Waals surface area contributed by atoms with E-state index in [1.54, 1.807) is 6.26 Å². The molecular weight excluding hydrogens is 226 g/mol. The molecule has 1 heterocycles. The maximum atomic E-state index is 5.68. The van der Waals surface area contributed by atoms with Crippen LogP contribution in [-0.2, 0) is 13.2 Å². The largest absolute Gasteiger partial charge is 0.486 e. The van der Waals surface area contributed by atoms with Crippen molar-refractivity contribution in [2.24, 2.45) is 0 Å². The third kappa shape index (κ3) is 3.64. The van der Waals surface area contributed by atoms with Gasteiger partial charge in [0.15, 0.2) is 0 Å². The summed E-state index contributed by atoms with van der Waals surface area (Å²) >= 11 is 0. The summed E-state index contributed by atoms with van der Waals surface area (Å²) < 4.78 is 11.1. The van der Waals surface area contributed by atoms with Crippen molar-refractivity contribution in [2.75, 3.05) is 0 Å². The molecule has 0 spiro atoms. The summed E-state index contributed by atoms with van der Waals surface area (Å²) in [5, 5.41) is 3.37. The molecule has 0 saturated heterocycles. The predicted molar refractivity (Wildman–Crippen MR) is 71.5 cm³/mol. The smallest absolute Gasteiger partial charge is 0.146 e. The van der Waals surface area contributed by atoms with E-state index in [0.717, 1.165) is 23.6 Å². The van der Waals surface area contributed by atoms with E-state index >= 15 is 0 Å². The molecular formula is C15H19NO2. The molecule has 1 aromatic carbocycles. The number of para-hydroxylation sites is 1. The first-order valence-corrected chi connectivity index (χ1v) is 6.22. The van der Waals surface area contributed by atoms with Crippen LogP contribution in [0, 0.1) is 0 Å². The van der Waals surface area contributed by atoms with E-state index < -0.39 is 0 Å². The number of furan rings is 1. The van der Waals surface area contributed by atoms with Crippen molar-refractivity contribution in [3.8, 4) is 5.75 Å². The number of hydrogen-bond donors (Lipinski definition) is 1. The normalized spacial score (nSPS) is 10.8. The van der Waals surface area contributed by atoms with Crippen molar-refractivity contribution in [3.63, 3.8) is 0 Å². The SMILES string of the molecule is CC(C)NCc1ccoc1COc1ccccc1. The van der Waals surface area contributed by atoms with Gasteiger partial charge < -0.3 is 14.5 Å². The highest BCUT2D eigenvalue weighted by molar-refractivity contribution is 5.22. The fraction of sp³-hybridized carbons (Fsp3) is 0.333. The second-order valence-electron chi connectivity index (χ2n) is 4.51. The minimum absolute atomic E-state index is 0.461. The van der Waals surface area contributed by atoms with E-state index in [4.69, 9.17) is 9.15 Å². The zero-order valence-electron chi connectivity index (χ0n) is 10.8. The van der Waals surface area contributed by atoms with Crippen LogP contribution in [0.2, 0.25) is 0 Å². The third-order valence-corrected chi connectivity index (χ3v) is 2.65. The summed E-state index contributed by atoms with van der Waals surface area (Å²) in [5.41, 5.74) is 1.15. The molecule has 2 aromatic rings. The molecule has 0 fully saturated rings. The Labute approximate surface area is 108 Å². The highest BCUT2D eigenvalue weighted by atomic mass is 16.5. The van der Waals surface area contributed by atoms with Gasteiger partial charge in [0.05, 0.1) is 6.26 Å². The van der Waals surface area contributed by atoms with Crippen molar-refractivity contribution in [1.29, 1.82) is 0 Å². The molecule has 1 aromatic heterocycles. The lowest BCUT2D eigenvalue weighted by Gasteiger charge is -2.09. The average Bonchev–Trinajstić information content (AvgIpc) is 2.82. The first-order valence-electron chi connectivity index (χ1n) is 6.22. The Kier molecular flexibility index (Phi) is 4.42. The fourth-order valence-corrected chi connectivity index (χ4v) is 1.63. The van der Waals surface area contributed by atoms with Crippen LogP contribution in [0.15, 0.2) is 47.1 Å². The lowest BCUT2D eigenvalue weighted by atomic mass is 10.2. The second-order valence-corrected chi connectivity index (χ2v) is 4.51. The Balaban J connectivity index is 1.91. The first kappa shape index (κ1) is 12.7. The molecule has 0 atom stereocenters. The van der Waals surface area contributed by atoms with Gasteiger partial charge in [-0.3, -0.25) is 0 Å². The van der Waals surface area contributed by atoms with Crippen LogP contribution >= 0.6 is 0 Å². The summed E-state index contributed by atoms with van der Waals surface area (Å²) in [4.78, 5) is 0. The van der Waals surface area contributed by atoms with Crippen LogP contribution in [0.25, 0.3) is 0 Å². The quantitative estimate of drug-likeness (QED) is 0.847. The lowest BCUT2D eigenvalue weighted by Crippen LogP contribution is -2.22. The molecule has 0 aliphatic rings. The molecule has 1 N–H and O–H groups in total. The van der Waals surface area contributed by atoms with Crippen molar-refractivity contribution in [2.45, 2.75) is 33.0 Å². The van der Waals surface area contributed by atoms with E-state index in [9.17, 15) is 0 Å². The number of ether oxygens (including phenoxy) is 1. The second kappa shape index (κ2) is 6.26. The summed E-state index contributed by atoms with van der Waals surface area (Å²) in [7, 11) is 0. The average molecular weight is 245 g/mol. The van der Waals surface area contributed by atoms with Crippen molar-refractivity contribution >= 4 is 0 Å². The summed E-state index contributed by atoms with van der Waals surface area (Å²) in [6.07, 6.45) is 1.71. The molecule has 0 saturated carbocycles. The van der Waals surface area contributed by atoms with Crippen LogP contribution in [0.3, 0.4) is 0 Å². The van der Waals surface area contributed by atoms with Gasteiger partial charge in [0.1, 0.15) is 18.1 Å². The van der Waals surface area contributed by atoms with Gasteiger partial charge in [0.25, 0.3) is 0 Å². The maximum Gasteiger partial charge on any atom is 0.146 e. The first-order chi connectivity index (χ1) is 8.75. The highest BCUT2D eigenvalue weighted by Gasteiger charge is 2.07. The van der Waals surface area contributed by atoms with Gasteiger partial charge in [0, 0.05) is 18.2 Å². The number of rotatable bonds is 6. The van der Waals surface area contributed by atoms with Crippen LogP contribution in [0.4, 0.5) is 0 Å².